The Bertz CT molecular complexity index is 1030. The van der Waals surface area contributed by atoms with E-state index in [0.29, 0.717) is 21.8 Å². The Kier molecular flexibility index (Phi) is 4.68. The molecule has 6 nitrogen and oxygen atoms in total. The number of amides is 1. The van der Waals surface area contributed by atoms with Crippen LogP contribution >= 0.6 is 11.6 Å². The van der Waals surface area contributed by atoms with Gasteiger partial charge in [-0.15, -0.1) is 0 Å². The van der Waals surface area contributed by atoms with Crippen LogP contribution in [0.4, 0.5) is 0 Å². The highest BCUT2D eigenvalue weighted by molar-refractivity contribution is 8.06. The molecule has 1 aromatic carbocycles. The van der Waals surface area contributed by atoms with Gasteiger partial charge in [-0.2, -0.15) is 0 Å². The summed E-state index contributed by atoms with van der Waals surface area (Å²) in [5.41, 5.74) is 6.28. The van der Waals surface area contributed by atoms with E-state index >= 15 is 0 Å². The number of nitrogens with zero attached hydrogens (tertiary/aromatic N) is 2. The van der Waals surface area contributed by atoms with Crippen LogP contribution in [0.5, 0.6) is 0 Å². The van der Waals surface area contributed by atoms with Gasteiger partial charge in [0.2, 0.25) is 5.91 Å². The van der Waals surface area contributed by atoms with Crippen molar-refractivity contribution in [1.29, 1.82) is 0 Å². The van der Waals surface area contributed by atoms with Crippen molar-refractivity contribution in [3.05, 3.63) is 65.3 Å². The smallest absolute Gasteiger partial charge is 0.233 e. The maximum Gasteiger partial charge on any atom is 0.233 e. The van der Waals surface area contributed by atoms with Crippen LogP contribution in [0.1, 0.15) is 5.56 Å². The molecule has 0 aliphatic carbocycles. The molecule has 1 aliphatic heterocycles. The van der Waals surface area contributed by atoms with E-state index in [-0.39, 0.29) is 11.6 Å². The van der Waals surface area contributed by atoms with E-state index in [1.807, 2.05) is 6.07 Å². The van der Waals surface area contributed by atoms with Crippen molar-refractivity contribution in [3.8, 4) is 11.3 Å². The fourth-order valence-electron chi connectivity index (χ4n) is 2.77. The minimum Gasteiger partial charge on any atom is -0.369 e. The lowest BCUT2D eigenvalue weighted by Crippen LogP contribution is -2.44. The lowest BCUT2D eigenvalue weighted by molar-refractivity contribution is -0.121. The van der Waals surface area contributed by atoms with E-state index in [4.69, 9.17) is 17.3 Å². The number of nitrogens with two attached hydrogens (primary N) is 1. The second kappa shape index (κ2) is 6.66. The molecule has 1 aliphatic rings. The van der Waals surface area contributed by atoms with Crippen LogP contribution < -0.4 is 5.73 Å². The highest BCUT2D eigenvalue weighted by Crippen LogP contribution is 2.35. The molecule has 26 heavy (non-hydrogen) atoms. The largest absolute Gasteiger partial charge is 0.369 e. The van der Waals surface area contributed by atoms with E-state index in [1.54, 1.807) is 36.5 Å². The van der Waals surface area contributed by atoms with Gasteiger partial charge in [0, 0.05) is 23.0 Å². The number of sulfone groups is 1. The number of pyridine rings is 1. The van der Waals surface area contributed by atoms with Crippen molar-refractivity contribution in [2.45, 2.75) is 5.41 Å². The molecule has 0 spiro atoms. The maximum atomic E-state index is 12.3. The Morgan fingerprint density at radius 3 is 2.58 bits per heavy atom. The lowest BCUT2D eigenvalue weighted by atomic mass is 9.77. The monoisotopic (exact) mass is 389 g/mol. The van der Waals surface area contributed by atoms with Gasteiger partial charge in [-0.1, -0.05) is 29.8 Å². The molecule has 1 aromatic heterocycles. The third kappa shape index (κ3) is 3.27. The first-order chi connectivity index (χ1) is 12.2. The number of primary amides is 1. The van der Waals surface area contributed by atoms with Gasteiger partial charge in [0.1, 0.15) is 10.5 Å². The van der Waals surface area contributed by atoms with Gasteiger partial charge >= 0.3 is 0 Å². The topological polar surface area (TPSA) is 102 Å². The number of halogens is 1. The minimum atomic E-state index is -3.46. The number of aliphatic imine (C=N–C) groups is 1. The zero-order chi connectivity index (χ0) is 18.9. The summed E-state index contributed by atoms with van der Waals surface area (Å²) in [5, 5.41) is 0.403. The SMILES string of the molecule is CS(=O)(=O)C1=NCC(C(N)=O)(c2ccc(Cl)c(-c3ccccn3)c2)C=C1. The molecule has 1 amide bonds. The number of dihydropyridines is 1. The van der Waals surface area contributed by atoms with Gasteiger partial charge in [0.05, 0.1) is 12.2 Å². The molecule has 0 saturated heterocycles. The molecule has 0 saturated carbocycles. The number of aromatic nitrogens is 1. The first-order valence-corrected chi connectivity index (χ1v) is 9.96. The van der Waals surface area contributed by atoms with Crippen LogP contribution in [0, 0.1) is 0 Å². The molecule has 0 bridgehead atoms. The fraction of sp³-hybridized carbons (Fsp3) is 0.167. The van der Waals surface area contributed by atoms with Crippen molar-refractivity contribution in [1.82, 2.24) is 4.98 Å². The molecule has 2 N–H and O–H groups in total. The van der Waals surface area contributed by atoms with Crippen LogP contribution in [0.3, 0.4) is 0 Å². The van der Waals surface area contributed by atoms with E-state index < -0.39 is 21.2 Å². The van der Waals surface area contributed by atoms with Crippen LogP contribution in [0.25, 0.3) is 11.3 Å². The summed E-state index contributed by atoms with van der Waals surface area (Å²) >= 11 is 6.30. The van der Waals surface area contributed by atoms with Gasteiger partial charge in [-0.3, -0.25) is 14.8 Å². The van der Waals surface area contributed by atoms with Gasteiger partial charge in [0.15, 0.2) is 9.84 Å². The summed E-state index contributed by atoms with van der Waals surface area (Å²) in [6, 6.07) is 10.5. The van der Waals surface area contributed by atoms with E-state index in [1.165, 1.54) is 12.2 Å². The molecule has 3 rings (SSSR count). The quantitative estimate of drug-likeness (QED) is 0.868. The van der Waals surface area contributed by atoms with Crippen LogP contribution in [-0.4, -0.2) is 37.2 Å². The number of carbonyl (C=O) groups excluding carboxylic acids is 1. The van der Waals surface area contributed by atoms with Gasteiger partial charge in [-0.25, -0.2) is 8.42 Å². The van der Waals surface area contributed by atoms with E-state index in [2.05, 4.69) is 9.98 Å². The number of carbonyl (C=O) groups is 1. The van der Waals surface area contributed by atoms with Crippen molar-refractivity contribution in [3.63, 3.8) is 0 Å². The van der Waals surface area contributed by atoms with Gasteiger partial charge in [-0.05, 0) is 35.9 Å². The zero-order valence-corrected chi connectivity index (χ0v) is 15.5. The Morgan fingerprint density at radius 1 is 1.27 bits per heavy atom. The summed E-state index contributed by atoms with van der Waals surface area (Å²) < 4.78 is 23.3. The average molecular weight is 390 g/mol. The molecule has 1 atom stereocenters. The Labute approximate surface area is 156 Å². The zero-order valence-electron chi connectivity index (χ0n) is 13.9. The third-order valence-corrected chi connectivity index (χ3v) is 5.59. The van der Waals surface area contributed by atoms with Gasteiger partial charge < -0.3 is 5.73 Å². The van der Waals surface area contributed by atoms with E-state index in [9.17, 15) is 13.2 Å². The van der Waals surface area contributed by atoms with Crippen molar-refractivity contribution >= 4 is 32.4 Å². The standard InChI is InChI=1S/C18H16ClN3O3S/c1-26(24,25)16-7-8-18(11-22-16,17(20)23)12-5-6-14(19)13(10-12)15-4-2-3-9-21-15/h2-10H,11H2,1H3,(H2,20,23). The van der Waals surface area contributed by atoms with E-state index in [0.717, 1.165) is 6.26 Å². The van der Waals surface area contributed by atoms with Crippen LogP contribution in [0.15, 0.2) is 59.7 Å². The van der Waals surface area contributed by atoms with Crippen molar-refractivity contribution < 1.29 is 13.2 Å². The Balaban J connectivity index is 2.11. The summed E-state index contributed by atoms with van der Waals surface area (Å²) in [5.74, 6) is -0.626. The van der Waals surface area contributed by atoms with Crippen LogP contribution in [0.2, 0.25) is 5.02 Å². The average Bonchev–Trinajstić information content (AvgIpc) is 2.62. The number of hydrogen-bond donors (Lipinski definition) is 1. The number of benzene rings is 1. The molecule has 2 aromatic rings. The predicted molar refractivity (Wildman–Crippen MR) is 102 cm³/mol. The van der Waals surface area contributed by atoms with Crippen molar-refractivity contribution in [2.24, 2.45) is 10.7 Å². The second-order valence-electron chi connectivity index (χ2n) is 6.01. The number of rotatable bonds is 3. The summed E-state index contributed by atoms with van der Waals surface area (Å²) in [6.45, 7) is -0.0927. The molecular formula is C18H16ClN3O3S. The fourth-order valence-corrected chi connectivity index (χ4v) is 3.60. The second-order valence-corrected chi connectivity index (χ2v) is 8.37. The molecule has 0 radical (unpaired) electrons. The Morgan fingerprint density at radius 2 is 2.04 bits per heavy atom. The maximum absolute atomic E-state index is 12.3. The highest BCUT2D eigenvalue weighted by atomic mass is 35.5. The molecule has 0 fully saturated rings. The normalized spacial score (nSPS) is 19.8. The molecule has 1 unspecified atom stereocenters. The van der Waals surface area contributed by atoms with Crippen molar-refractivity contribution in [2.75, 3.05) is 12.8 Å². The number of hydrogen-bond acceptors (Lipinski definition) is 5. The Hall–Kier alpha value is -2.51. The molecule has 2 heterocycles. The van der Waals surface area contributed by atoms with Gasteiger partial charge in [0.25, 0.3) is 0 Å². The predicted octanol–water partition coefficient (Wildman–Crippen LogP) is 2.14. The third-order valence-electron chi connectivity index (χ3n) is 4.24. The van der Waals surface area contributed by atoms with Crippen LogP contribution in [-0.2, 0) is 20.0 Å². The first kappa shape index (κ1) is 18.3. The summed E-state index contributed by atoms with van der Waals surface area (Å²) in [7, 11) is -3.46. The first-order valence-electron chi connectivity index (χ1n) is 7.69. The molecule has 8 heteroatoms. The summed E-state index contributed by atoms with van der Waals surface area (Å²) in [6.07, 6.45) is 5.52. The summed E-state index contributed by atoms with van der Waals surface area (Å²) in [4.78, 5) is 20.6. The highest BCUT2D eigenvalue weighted by Gasteiger charge is 2.39. The minimum absolute atomic E-state index is 0.0757. The lowest BCUT2D eigenvalue weighted by Gasteiger charge is -2.29. The molecule has 134 valence electrons. The molecular weight excluding hydrogens is 374 g/mol.